The second-order valence-corrected chi connectivity index (χ2v) is 7.20. The van der Waals surface area contributed by atoms with Gasteiger partial charge in [-0.25, -0.2) is 0 Å². The van der Waals surface area contributed by atoms with Crippen molar-refractivity contribution < 1.29 is 23.9 Å². The summed E-state index contributed by atoms with van der Waals surface area (Å²) in [6.07, 6.45) is 0.425. The average Bonchev–Trinajstić information content (AvgIpc) is 2.75. The minimum Gasteiger partial charge on any atom is -0.491 e. The van der Waals surface area contributed by atoms with E-state index in [1.807, 2.05) is 20.8 Å². The van der Waals surface area contributed by atoms with Gasteiger partial charge >= 0.3 is 0 Å². The Kier molecular flexibility index (Phi) is 9.51. The summed E-state index contributed by atoms with van der Waals surface area (Å²) < 4.78 is 10.7. The van der Waals surface area contributed by atoms with Crippen molar-refractivity contribution in [1.29, 1.82) is 0 Å². The summed E-state index contributed by atoms with van der Waals surface area (Å²) in [5.74, 6) is -0.111. The third-order valence-electron chi connectivity index (χ3n) is 4.13. The number of amides is 3. The molecule has 0 fully saturated rings. The van der Waals surface area contributed by atoms with Gasteiger partial charge in [-0.1, -0.05) is 13.8 Å². The summed E-state index contributed by atoms with van der Waals surface area (Å²) in [6, 6.07) is 13.0. The molecule has 0 aliphatic rings. The molecule has 0 unspecified atom stereocenters. The molecule has 8 heteroatoms. The maximum absolute atomic E-state index is 12.2. The van der Waals surface area contributed by atoms with Gasteiger partial charge in [0.05, 0.1) is 6.61 Å². The van der Waals surface area contributed by atoms with E-state index in [4.69, 9.17) is 9.47 Å². The summed E-state index contributed by atoms with van der Waals surface area (Å²) in [7, 11) is 0. The third kappa shape index (κ3) is 8.47. The van der Waals surface area contributed by atoms with E-state index < -0.39 is 11.8 Å². The first-order valence-electron chi connectivity index (χ1n) is 10.2. The van der Waals surface area contributed by atoms with Crippen LogP contribution in [0.4, 0.5) is 5.69 Å². The first kappa shape index (κ1) is 23.9. The number of benzene rings is 2. The van der Waals surface area contributed by atoms with Crippen LogP contribution in [0.1, 0.15) is 47.9 Å². The van der Waals surface area contributed by atoms with Gasteiger partial charge in [0.25, 0.3) is 11.8 Å². The fourth-order valence-corrected chi connectivity index (χ4v) is 2.61. The van der Waals surface area contributed by atoms with E-state index in [-0.39, 0.29) is 11.8 Å². The normalized spacial score (nSPS) is 10.5. The van der Waals surface area contributed by atoms with Crippen LogP contribution < -0.4 is 20.9 Å². The van der Waals surface area contributed by atoms with Crippen LogP contribution in [0.15, 0.2) is 48.5 Å². The van der Waals surface area contributed by atoms with Gasteiger partial charge in [0.1, 0.15) is 12.4 Å². The van der Waals surface area contributed by atoms with Crippen LogP contribution in [0, 0.1) is 5.92 Å². The Hall–Kier alpha value is -3.39. The molecule has 0 saturated carbocycles. The molecule has 0 aliphatic carbocycles. The second kappa shape index (κ2) is 12.3. The summed E-state index contributed by atoms with van der Waals surface area (Å²) in [5.41, 5.74) is 6.08. The average molecular weight is 428 g/mol. The fraction of sp³-hybridized carbons (Fsp3) is 0.348. The van der Waals surface area contributed by atoms with E-state index in [1.54, 1.807) is 48.5 Å². The van der Waals surface area contributed by atoms with Crippen LogP contribution in [0.25, 0.3) is 0 Å². The van der Waals surface area contributed by atoms with Crippen molar-refractivity contribution in [2.45, 2.75) is 27.2 Å². The van der Waals surface area contributed by atoms with Crippen molar-refractivity contribution in [1.82, 2.24) is 10.9 Å². The Morgan fingerprint density at radius 2 is 1.39 bits per heavy atom. The van der Waals surface area contributed by atoms with Crippen molar-refractivity contribution in [3.63, 3.8) is 0 Å². The molecular weight excluding hydrogens is 398 g/mol. The Morgan fingerprint density at radius 3 is 1.90 bits per heavy atom. The highest BCUT2D eigenvalue weighted by molar-refractivity contribution is 5.99. The van der Waals surface area contributed by atoms with E-state index in [9.17, 15) is 14.4 Å². The predicted octanol–water partition coefficient (Wildman–Crippen LogP) is 3.16. The van der Waals surface area contributed by atoms with Crippen molar-refractivity contribution >= 4 is 23.4 Å². The van der Waals surface area contributed by atoms with E-state index in [2.05, 4.69) is 16.2 Å². The summed E-state index contributed by atoms with van der Waals surface area (Å²) in [5, 5.41) is 2.78. The highest BCUT2D eigenvalue weighted by Crippen LogP contribution is 2.13. The number of hydrogen-bond donors (Lipinski definition) is 3. The van der Waals surface area contributed by atoms with Gasteiger partial charge in [0.2, 0.25) is 5.91 Å². The number of carbonyl (C=O) groups is 3. The van der Waals surface area contributed by atoms with Gasteiger partial charge in [0, 0.05) is 29.8 Å². The van der Waals surface area contributed by atoms with Crippen molar-refractivity contribution in [2.24, 2.45) is 5.92 Å². The zero-order valence-electron chi connectivity index (χ0n) is 18.1. The van der Waals surface area contributed by atoms with E-state index >= 15 is 0 Å². The topological polar surface area (TPSA) is 106 Å². The third-order valence-corrected chi connectivity index (χ3v) is 4.13. The molecule has 0 heterocycles. The van der Waals surface area contributed by atoms with Gasteiger partial charge in [-0.15, -0.1) is 0 Å². The Morgan fingerprint density at radius 1 is 0.839 bits per heavy atom. The van der Waals surface area contributed by atoms with Crippen molar-refractivity contribution in [2.75, 3.05) is 25.1 Å². The molecule has 0 spiro atoms. The van der Waals surface area contributed by atoms with Gasteiger partial charge in [-0.2, -0.15) is 0 Å². The molecule has 3 N–H and O–H groups in total. The number of ether oxygens (including phenoxy) is 2. The highest BCUT2D eigenvalue weighted by atomic mass is 16.5. The van der Waals surface area contributed by atoms with Crippen LogP contribution in [-0.4, -0.2) is 37.5 Å². The highest BCUT2D eigenvalue weighted by Gasteiger charge is 2.10. The lowest BCUT2D eigenvalue weighted by Gasteiger charge is -2.10. The summed E-state index contributed by atoms with van der Waals surface area (Å²) in [6.45, 7) is 7.40. The molecule has 2 rings (SSSR count). The fourth-order valence-electron chi connectivity index (χ4n) is 2.61. The zero-order valence-corrected chi connectivity index (χ0v) is 18.1. The monoisotopic (exact) mass is 427 g/mol. The molecule has 2 aromatic carbocycles. The van der Waals surface area contributed by atoms with Crippen LogP contribution in [0.3, 0.4) is 0 Å². The summed E-state index contributed by atoms with van der Waals surface area (Å²) in [4.78, 5) is 36.3. The van der Waals surface area contributed by atoms with E-state index in [0.717, 1.165) is 0 Å². The van der Waals surface area contributed by atoms with Crippen LogP contribution >= 0.6 is 0 Å². The van der Waals surface area contributed by atoms with Crippen molar-refractivity contribution in [3.8, 4) is 5.75 Å². The number of nitrogens with one attached hydrogen (secondary N) is 3. The smallest absolute Gasteiger partial charge is 0.269 e. The lowest BCUT2D eigenvalue weighted by Crippen LogP contribution is -2.41. The quantitative estimate of drug-likeness (QED) is 0.399. The molecule has 0 atom stereocenters. The van der Waals surface area contributed by atoms with Gasteiger partial charge < -0.3 is 14.8 Å². The van der Waals surface area contributed by atoms with Gasteiger partial charge in [0.15, 0.2) is 0 Å². The minimum atomic E-state index is -0.468. The number of anilines is 1. The standard InChI is InChI=1S/C23H29N3O5/c1-4-30-13-14-31-20-11-7-18(8-12-20)23(29)26-25-22(28)17-5-9-19(10-6-17)24-21(27)15-16(2)3/h5-12,16H,4,13-15H2,1-3H3,(H,24,27)(H,25,28)(H,26,29). The zero-order chi connectivity index (χ0) is 22.6. The maximum Gasteiger partial charge on any atom is 0.269 e. The second-order valence-electron chi connectivity index (χ2n) is 7.20. The molecule has 2 aromatic rings. The molecule has 31 heavy (non-hydrogen) atoms. The van der Waals surface area contributed by atoms with E-state index in [1.165, 1.54) is 0 Å². The Bertz CT molecular complexity index is 864. The molecule has 0 aromatic heterocycles. The molecule has 0 aliphatic heterocycles. The molecule has 0 saturated heterocycles. The number of rotatable bonds is 10. The maximum atomic E-state index is 12.2. The number of hydrazine groups is 1. The van der Waals surface area contributed by atoms with Gasteiger partial charge in [-0.05, 0) is 61.4 Å². The largest absolute Gasteiger partial charge is 0.491 e. The SMILES string of the molecule is CCOCCOc1ccc(C(=O)NNC(=O)c2ccc(NC(=O)CC(C)C)cc2)cc1. The number of hydrogen-bond acceptors (Lipinski definition) is 5. The molecule has 166 valence electrons. The van der Waals surface area contributed by atoms with Crippen LogP contribution in [0.5, 0.6) is 5.75 Å². The lowest BCUT2D eigenvalue weighted by atomic mass is 10.1. The Balaban J connectivity index is 1.81. The Labute approximate surface area is 182 Å². The van der Waals surface area contributed by atoms with Crippen molar-refractivity contribution in [3.05, 3.63) is 59.7 Å². The van der Waals surface area contributed by atoms with Gasteiger partial charge in [-0.3, -0.25) is 25.2 Å². The molecular formula is C23H29N3O5. The van der Waals surface area contributed by atoms with Crippen LogP contribution in [0.2, 0.25) is 0 Å². The molecule has 3 amide bonds. The van der Waals surface area contributed by atoms with E-state index in [0.29, 0.717) is 48.8 Å². The predicted molar refractivity (Wildman–Crippen MR) is 118 cm³/mol. The first-order valence-corrected chi connectivity index (χ1v) is 10.2. The minimum absolute atomic E-state index is 0.0785. The molecule has 8 nitrogen and oxygen atoms in total. The lowest BCUT2D eigenvalue weighted by molar-refractivity contribution is -0.116. The summed E-state index contributed by atoms with van der Waals surface area (Å²) >= 11 is 0. The molecule has 0 radical (unpaired) electrons. The van der Waals surface area contributed by atoms with Crippen LogP contribution in [-0.2, 0) is 9.53 Å². The number of carbonyl (C=O) groups excluding carboxylic acids is 3. The first-order chi connectivity index (χ1) is 14.9. The molecule has 0 bridgehead atoms.